The van der Waals surface area contributed by atoms with Gasteiger partial charge < -0.3 is 4.98 Å². The van der Waals surface area contributed by atoms with Crippen molar-refractivity contribution >= 4 is 32.5 Å². The monoisotopic (exact) mass is 202 g/mol. The molecule has 0 unspecified atom stereocenters. The van der Waals surface area contributed by atoms with Gasteiger partial charge in [-0.2, -0.15) is 0 Å². The minimum atomic E-state index is -0.0768. The molecule has 0 amide bonds. The van der Waals surface area contributed by atoms with E-state index in [-0.39, 0.29) is 5.56 Å². The van der Waals surface area contributed by atoms with Crippen LogP contribution in [0.2, 0.25) is 0 Å². The van der Waals surface area contributed by atoms with E-state index in [4.69, 9.17) is 0 Å². The molecule has 14 heavy (non-hydrogen) atoms. The van der Waals surface area contributed by atoms with Crippen LogP contribution < -0.4 is 5.56 Å². The fraction of sp³-hybridized carbons (Fsp3) is 0. The van der Waals surface area contributed by atoms with Crippen molar-refractivity contribution in [1.82, 2.24) is 9.97 Å². The van der Waals surface area contributed by atoms with Crippen molar-refractivity contribution in [1.29, 1.82) is 0 Å². The Morgan fingerprint density at radius 1 is 1.21 bits per heavy atom. The normalized spacial score (nSPS) is 11.1. The molecular weight excluding hydrogens is 196 g/mol. The van der Waals surface area contributed by atoms with Crippen LogP contribution in [-0.2, 0) is 0 Å². The largest absolute Gasteiger partial charge is 0.322 e. The Morgan fingerprint density at radius 2 is 2.14 bits per heavy atom. The van der Waals surface area contributed by atoms with Gasteiger partial charge in [-0.1, -0.05) is 0 Å². The Hall–Kier alpha value is -1.68. The molecule has 0 saturated heterocycles. The highest BCUT2D eigenvalue weighted by Crippen LogP contribution is 2.24. The maximum absolute atomic E-state index is 11.1. The number of aromatic nitrogens is 2. The highest BCUT2D eigenvalue weighted by Gasteiger charge is 2.02. The molecule has 1 N–H and O–H groups in total. The Balaban J connectivity index is 2.63. The first-order valence-corrected chi connectivity index (χ1v) is 5.08. The third-order valence-electron chi connectivity index (χ3n) is 2.20. The van der Waals surface area contributed by atoms with E-state index in [0.29, 0.717) is 0 Å². The van der Waals surface area contributed by atoms with Crippen LogP contribution >= 0.6 is 11.3 Å². The molecular formula is C10H6N2OS. The van der Waals surface area contributed by atoms with E-state index in [9.17, 15) is 4.79 Å². The lowest BCUT2D eigenvalue weighted by molar-refractivity contribution is 1.31. The van der Waals surface area contributed by atoms with E-state index in [2.05, 4.69) is 9.97 Å². The van der Waals surface area contributed by atoms with Gasteiger partial charge in [0, 0.05) is 11.5 Å². The van der Waals surface area contributed by atoms with Crippen LogP contribution in [0, 0.1) is 0 Å². The second kappa shape index (κ2) is 2.65. The molecule has 0 saturated carbocycles. The van der Waals surface area contributed by atoms with E-state index >= 15 is 0 Å². The summed E-state index contributed by atoms with van der Waals surface area (Å²) in [5.41, 5.74) is 3.54. The lowest BCUT2D eigenvalue weighted by Crippen LogP contribution is -2.02. The maximum Gasteiger partial charge on any atom is 0.248 e. The molecule has 0 bridgehead atoms. The average molecular weight is 202 g/mol. The maximum atomic E-state index is 11.1. The summed E-state index contributed by atoms with van der Waals surface area (Å²) in [5.74, 6) is 0. The number of hydrogen-bond acceptors (Lipinski definition) is 3. The summed E-state index contributed by atoms with van der Waals surface area (Å²) in [5, 5.41) is 1.00. The highest BCUT2D eigenvalue weighted by molar-refractivity contribution is 7.16. The number of nitrogens with one attached hydrogen (secondary N) is 1. The van der Waals surface area contributed by atoms with Crippen LogP contribution in [0.4, 0.5) is 0 Å². The second-order valence-corrected chi connectivity index (χ2v) is 3.93. The quantitative estimate of drug-likeness (QED) is 0.607. The zero-order chi connectivity index (χ0) is 9.54. The zero-order valence-electron chi connectivity index (χ0n) is 7.15. The Morgan fingerprint density at radius 3 is 3.07 bits per heavy atom. The van der Waals surface area contributed by atoms with Gasteiger partial charge in [0.05, 0.1) is 21.2 Å². The van der Waals surface area contributed by atoms with Crippen molar-refractivity contribution in [3.63, 3.8) is 0 Å². The van der Waals surface area contributed by atoms with Gasteiger partial charge >= 0.3 is 0 Å². The van der Waals surface area contributed by atoms with Crippen molar-refractivity contribution in [2.24, 2.45) is 0 Å². The van der Waals surface area contributed by atoms with Gasteiger partial charge in [0.15, 0.2) is 0 Å². The minimum absolute atomic E-state index is 0.0768. The van der Waals surface area contributed by atoms with Crippen molar-refractivity contribution in [3.8, 4) is 0 Å². The number of benzene rings is 1. The average Bonchev–Trinajstić information content (AvgIpc) is 2.65. The molecule has 0 aliphatic carbocycles. The lowest BCUT2D eigenvalue weighted by Gasteiger charge is -1.96. The van der Waals surface area contributed by atoms with Gasteiger partial charge in [0.1, 0.15) is 0 Å². The first-order valence-electron chi connectivity index (χ1n) is 4.20. The summed E-state index contributed by atoms with van der Waals surface area (Å²) in [6.07, 6.45) is 0. The molecule has 2 heterocycles. The smallest absolute Gasteiger partial charge is 0.248 e. The Labute approximate surface area is 83.0 Å². The standard InChI is InChI=1S/C10H6N2OS/c13-9-4-1-6-7(12-9)2-3-8-10(6)11-5-14-8/h1-5H,(H,12,13). The SMILES string of the molecule is O=c1ccc2c(ccc3scnc32)[nH]1. The predicted octanol–water partition coefficient (Wildman–Crippen LogP) is 2.14. The summed E-state index contributed by atoms with van der Waals surface area (Å²) >= 11 is 1.60. The summed E-state index contributed by atoms with van der Waals surface area (Å²) in [6, 6.07) is 7.24. The van der Waals surface area contributed by atoms with Crippen molar-refractivity contribution < 1.29 is 0 Å². The van der Waals surface area contributed by atoms with E-state index in [1.165, 1.54) is 6.07 Å². The summed E-state index contributed by atoms with van der Waals surface area (Å²) < 4.78 is 1.14. The van der Waals surface area contributed by atoms with Crippen LogP contribution in [0.25, 0.3) is 21.1 Å². The molecule has 0 aliphatic rings. The van der Waals surface area contributed by atoms with Gasteiger partial charge in [0.2, 0.25) is 5.56 Å². The predicted molar refractivity (Wildman–Crippen MR) is 57.7 cm³/mol. The molecule has 4 heteroatoms. The number of rotatable bonds is 0. The molecule has 0 radical (unpaired) electrons. The number of hydrogen-bond donors (Lipinski definition) is 1. The van der Waals surface area contributed by atoms with E-state index in [1.54, 1.807) is 11.3 Å². The third-order valence-corrected chi connectivity index (χ3v) is 2.99. The van der Waals surface area contributed by atoms with Gasteiger partial charge in [-0.25, -0.2) is 4.98 Å². The number of aromatic amines is 1. The summed E-state index contributed by atoms with van der Waals surface area (Å²) in [6.45, 7) is 0. The molecule has 68 valence electrons. The molecule has 0 fully saturated rings. The van der Waals surface area contributed by atoms with Crippen LogP contribution in [0.5, 0.6) is 0 Å². The third kappa shape index (κ3) is 0.975. The zero-order valence-corrected chi connectivity index (χ0v) is 7.97. The molecule has 0 spiro atoms. The topological polar surface area (TPSA) is 45.8 Å². The van der Waals surface area contributed by atoms with Crippen LogP contribution in [0.3, 0.4) is 0 Å². The molecule has 2 aromatic heterocycles. The van der Waals surface area contributed by atoms with Gasteiger partial charge in [0.25, 0.3) is 0 Å². The molecule has 3 rings (SSSR count). The molecule has 1 aromatic carbocycles. The fourth-order valence-electron chi connectivity index (χ4n) is 1.56. The summed E-state index contributed by atoms with van der Waals surface area (Å²) in [7, 11) is 0. The van der Waals surface area contributed by atoms with E-state index in [0.717, 1.165) is 21.1 Å². The Bertz CT molecular complexity index is 668. The highest BCUT2D eigenvalue weighted by atomic mass is 32.1. The lowest BCUT2D eigenvalue weighted by atomic mass is 10.2. The first kappa shape index (κ1) is 7.70. The van der Waals surface area contributed by atoms with Crippen LogP contribution in [0.15, 0.2) is 34.6 Å². The fourth-order valence-corrected chi connectivity index (χ4v) is 2.26. The van der Waals surface area contributed by atoms with E-state index in [1.807, 2.05) is 23.7 Å². The van der Waals surface area contributed by atoms with Gasteiger partial charge in [-0.3, -0.25) is 4.79 Å². The van der Waals surface area contributed by atoms with Gasteiger partial charge in [-0.05, 0) is 18.2 Å². The molecule has 3 aromatic rings. The van der Waals surface area contributed by atoms with Crippen molar-refractivity contribution in [3.05, 3.63) is 40.1 Å². The molecule has 3 nitrogen and oxygen atoms in total. The van der Waals surface area contributed by atoms with Crippen molar-refractivity contribution in [2.75, 3.05) is 0 Å². The van der Waals surface area contributed by atoms with Crippen LogP contribution in [0.1, 0.15) is 0 Å². The van der Waals surface area contributed by atoms with Crippen molar-refractivity contribution in [2.45, 2.75) is 0 Å². The summed E-state index contributed by atoms with van der Waals surface area (Å²) in [4.78, 5) is 18.1. The number of thiazole rings is 1. The number of nitrogens with zero attached hydrogens (tertiary/aromatic N) is 1. The number of pyridine rings is 1. The van der Waals surface area contributed by atoms with E-state index < -0.39 is 0 Å². The number of fused-ring (bicyclic) bond motifs is 3. The molecule has 0 atom stereocenters. The first-order chi connectivity index (χ1) is 6.84. The number of H-pyrrole nitrogens is 1. The van der Waals surface area contributed by atoms with Crippen LogP contribution in [-0.4, -0.2) is 9.97 Å². The Kier molecular flexibility index (Phi) is 1.46. The second-order valence-electron chi connectivity index (χ2n) is 3.05. The van der Waals surface area contributed by atoms with Gasteiger partial charge in [-0.15, -0.1) is 11.3 Å². The molecule has 0 aliphatic heterocycles. The minimum Gasteiger partial charge on any atom is -0.322 e.